The van der Waals surface area contributed by atoms with Gasteiger partial charge in [-0.2, -0.15) is 0 Å². The van der Waals surface area contributed by atoms with Crippen LogP contribution in [0.5, 0.6) is 0 Å². The molecule has 47 heavy (non-hydrogen) atoms. The molecule has 238 valence electrons. The van der Waals surface area contributed by atoms with Crippen LogP contribution in [0.3, 0.4) is 0 Å². The summed E-state index contributed by atoms with van der Waals surface area (Å²) in [5.74, 6) is -3.70. The quantitative estimate of drug-likeness (QED) is 0.178. The Labute approximate surface area is 296 Å². The number of barbiturate groups is 2. The summed E-state index contributed by atoms with van der Waals surface area (Å²) >= 11 is 4.38. The van der Waals surface area contributed by atoms with Gasteiger partial charge in [-0.1, -0.05) is 13.7 Å². The average molecular weight is 711 g/mol. The highest BCUT2D eigenvalue weighted by Crippen LogP contribution is 2.58. The number of amides is 8. The number of hydrogen-bond donors (Lipinski definition) is 0. The zero-order valence-corrected chi connectivity index (χ0v) is 28.1. The average Bonchev–Trinajstić information content (AvgIpc) is 3.94. The fourth-order valence-corrected chi connectivity index (χ4v) is 9.82. The van der Waals surface area contributed by atoms with Crippen molar-refractivity contribution in [3.63, 3.8) is 0 Å². The first kappa shape index (κ1) is 22.9. The van der Waals surface area contributed by atoms with Crippen LogP contribution >= 0.6 is 45.3 Å². The van der Waals surface area contributed by atoms with Crippen LogP contribution in [-0.2, 0) is 24.6 Å². The lowest BCUT2D eigenvalue weighted by Gasteiger charge is -2.28. The number of rotatable bonds is 4. The van der Waals surface area contributed by atoms with Gasteiger partial charge in [-0.25, -0.2) is 9.59 Å². The third-order valence-corrected chi connectivity index (χ3v) is 12.7. The molecule has 0 saturated carbocycles. The summed E-state index contributed by atoms with van der Waals surface area (Å²) < 4.78 is 69.4. The van der Waals surface area contributed by atoms with Crippen LogP contribution in [0, 0.1) is 0 Å². The van der Waals surface area contributed by atoms with Crippen molar-refractivity contribution in [3.05, 3.63) is 68.4 Å². The first-order chi connectivity index (χ1) is 25.5. The minimum Gasteiger partial charge on any atom is -0.268 e. The highest BCUT2D eigenvalue weighted by atomic mass is 32.1. The lowest BCUT2D eigenvalue weighted by atomic mass is 9.84. The Bertz CT molecular complexity index is 2280. The summed E-state index contributed by atoms with van der Waals surface area (Å²) in [7, 11) is 4.80. The second-order valence-electron chi connectivity index (χ2n) is 10.8. The maximum atomic E-state index is 12.9. The maximum Gasteiger partial charge on any atom is 0.333 e. The summed E-state index contributed by atoms with van der Waals surface area (Å²) in [6, 6.07) is 6.83. The van der Waals surface area contributed by atoms with Gasteiger partial charge in [0.25, 0.3) is 23.6 Å². The molecule has 7 rings (SSSR count). The van der Waals surface area contributed by atoms with Crippen LogP contribution in [0.25, 0.3) is 41.4 Å². The lowest BCUT2D eigenvalue weighted by molar-refractivity contribution is -0.135. The number of carbonyl (C=O) groups excluding carboxylic acids is 6. The fourth-order valence-electron chi connectivity index (χ4n) is 5.25. The van der Waals surface area contributed by atoms with E-state index in [1.807, 2.05) is 0 Å². The molecule has 4 aromatic heterocycles. The van der Waals surface area contributed by atoms with Crippen LogP contribution < -0.4 is 0 Å². The second-order valence-corrected chi connectivity index (χ2v) is 15.1. The Morgan fingerprint density at radius 2 is 0.936 bits per heavy atom. The first-order valence-electron chi connectivity index (χ1n) is 17.7. The van der Waals surface area contributed by atoms with Crippen molar-refractivity contribution in [3.8, 4) is 29.3 Å². The molecule has 14 heteroatoms. The van der Waals surface area contributed by atoms with Crippen LogP contribution in [-0.4, -0.2) is 83.5 Å². The molecule has 0 atom stereocenters. The first-order valence-corrected chi connectivity index (χ1v) is 16.9. The molecule has 0 aromatic carbocycles. The van der Waals surface area contributed by atoms with Gasteiger partial charge >= 0.3 is 12.1 Å². The third-order valence-electron chi connectivity index (χ3n) is 7.89. The van der Waals surface area contributed by atoms with Crippen LogP contribution in [0.15, 0.2) is 47.5 Å². The number of nitrogens with zero attached hydrogens (tertiary/aromatic N) is 4. The van der Waals surface area contributed by atoms with Gasteiger partial charge in [-0.3, -0.25) is 38.8 Å². The molecule has 0 radical (unpaired) electrons. The number of imide groups is 4. The molecule has 3 aliphatic rings. The standard InChI is InChI=1S/C33H26N4O6S4/c1-33(2)19-13-23(21-9-7-15(44-21)11-17-27(38)34(3)31(42)35(4)28(17)39)46-25(19)26-20(33)14-24(47-26)22-10-8-16(45-22)12-18-29(40)36(5)32(43)37(6)30(18)41/h7-14H,1-6H3/i1D3,2D3,11D,12D. The van der Waals surface area contributed by atoms with Crippen molar-refractivity contribution in [1.82, 2.24) is 19.6 Å². The Kier molecular flexibility index (Phi) is 5.25. The van der Waals surface area contributed by atoms with E-state index in [0.29, 0.717) is 29.3 Å². The highest BCUT2D eigenvalue weighted by Gasteiger charge is 2.41. The van der Waals surface area contributed by atoms with Gasteiger partial charge in [-0.15, -0.1) is 45.3 Å². The SMILES string of the molecule is [2H]C(=C1C(=O)N(C)C(=O)N(C)C1=O)c1ccc(-c2cc3c(s2)-c2sc(-c4ccc(C([2H])=C5C(=O)N(C)C(=O)N(C)C5=O)s4)cc2C3(C([2H])([2H])[2H])C([2H])([2H])[2H])s1. The van der Waals surface area contributed by atoms with E-state index in [1.54, 1.807) is 12.1 Å². The predicted octanol–water partition coefficient (Wildman–Crippen LogP) is 6.44. The Morgan fingerprint density at radius 1 is 0.574 bits per heavy atom. The van der Waals surface area contributed by atoms with E-state index >= 15 is 0 Å². The summed E-state index contributed by atoms with van der Waals surface area (Å²) in [5, 5.41) is 0. The minimum atomic E-state index is -3.07. The van der Waals surface area contributed by atoms with Crippen molar-refractivity contribution in [1.29, 1.82) is 0 Å². The van der Waals surface area contributed by atoms with Crippen molar-refractivity contribution in [2.45, 2.75) is 19.1 Å². The van der Waals surface area contributed by atoms with E-state index in [-0.39, 0.29) is 20.9 Å². The Morgan fingerprint density at radius 3 is 1.28 bits per heavy atom. The Balaban J connectivity index is 1.32. The zero-order valence-electron chi connectivity index (χ0n) is 32.8. The summed E-state index contributed by atoms with van der Waals surface area (Å²) in [6.07, 6.45) is 0. The van der Waals surface area contributed by atoms with Gasteiger partial charge < -0.3 is 0 Å². The summed E-state index contributed by atoms with van der Waals surface area (Å²) in [6.45, 7) is -6.13. The molecular weight excluding hydrogens is 677 g/mol. The smallest absolute Gasteiger partial charge is 0.268 e. The van der Waals surface area contributed by atoms with Crippen molar-refractivity contribution < 1.29 is 39.7 Å². The van der Waals surface area contributed by atoms with Crippen molar-refractivity contribution >= 4 is 93.1 Å². The van der Waals surface area contributed by atoms with E-state index in [9.17, 15) is 28.8 Å². The van der Waals surface area contributed by atoms with Crippen LogP contribution in [0.1, 0.15) is 45.6 Å². The second kappa shape index (κ2) is 10.8. The van der Waals surface area contributed by atoms with E-state index in [0.717, 1.165) is 64.9 Å². The molecule has 1 aliphatic carbocycles. The number of fused-ring (bicyclic) bond motifs is 3. The minimum absolute atomic E-state index is 0.0845. The normalized spacial score (nSPS) is 20.8. The van der Waals surface area contributed by atoms with E-state index in [2.05, 4.69) is 0 Å². The number of urea groups is 2. The number of thiophene rings is 4. The maximum absolute atomic E-state index is 12.9. The zero-order chi connectivity index (χ0) is 40.4. The van der Waals surface area contributed by atoms with E-state index < -0.39 is 78.1 Å². The van der Waals surface area contributed by atoms with Crippen LogP contribution in [0.2, 0.25) is 0 Å². The molecule has 0 bridgehead atoms. The Hall–Kier alpha value is -4.50. The van der Waals surface area contributed by atoms with Gasteiger partial charge in [0.15, 0.2) is 0 Å². The van der Waals surface area contributed by atoms with Gasteiger partial charge in [0, 0.05) is 80.8 Å². The topological polar surface area (TPSA) is 115 Å². The molecule has 2 fully saturated rings. The highest BCUT2D eigenvalue weighted by molar-refractivity contribution is 7.29. The number of hydrogen-bond acceptors (Lipinski definition) is 10. The molecule has 0 unspecified atom stereocenters. The monoisotopic (exact) mass is 710 g/mol. The van der Waals surface area contributed by atoms with Crippen molar-refractivity contribution in [2.75, 3.05) is 28.2 Å². The molecule has 6 heterocycles. The van der Waals surface area contributed by atoms with E-state index in [4.69, 9.17) is 11.0 Å². The van der Waals surface area contributed by atoms with E-state index in [1.165, 1.54) is 52.5 Å². The number of likely N-dealkylation sites (N-methyl/N-ethyl adjacent to an activating group) is 4. The molecule has 0 spiro atoms. The third kappa shape index (κ3) is 4.69. The largest absolute Gasteiger partial charge is 0.333 e. The van der Waals surface area contributed by atoms with Gasteiger partial charge in [0.2, 0.25) is 0 Å². The summed E-state index contributed by atoms with van der Waals surface area (Å²) in [5.41, 5.74) is -3.26. The lowest BCUT2D eigenvalue weighted by Crippen LogP contribution is -2.52. The van der Waals surface area contributed by atoms with Gasteiger partial charge in [0.1, 0.15) is 11.1 Å². The molecule has 2 aliphatic heterocycles. The fraction of sp³-hybridized carbons (Fsp3) is 0.212. The molecule has 10 nitrogen and oxygen atoms in total. The van der Waals surface area contributed by atoms with Gasteiger partial charge in [-0.05, 0) is 59.6 Å². The number of carbonyl (C=O) groups is 6. The molecule has 8 amide bonds. The molecule has 2 saturated heterocycles. The molecule has 4 aromatic rings. The predicted molar refractivity (Wildman–Crippen MR) is 184 cm³/mol. The summed E-state index contributed by atoms with van der Waals surface area (Å²) in [4.78, 5) is 82.1. The molecular formula is C33H26N4O6S4. The van der Waals surface area contributed by atoms with Crippen molar-refractivity contribution in [2.24, 2.45) is 0 Å². The van der Waals surface area contributed by atoms with Gasteiger partial charge in [0.05, 0.1) is 2.74 Å². The molecule has 0 N–H and O–H groups in total. The van der Waals surface area contributed by atoms with Crippen LogP contribution in [0.4, 0.5) is 9.59 Å².